The van der Waals surface area contributed by atoms with Gasteiger partial charge in [-0.25, -0.2) is 0 Å². The molecule has 0 spiro atoms. The number of alkyl halides is 6. The second-order valence-corrected chi connectivity index (χ2v) is 4.47. The summed E-state index contributed by atoms with van der Waals surface area (Å²) in [5.74, 6) is -6.68. The highest BCUT2D eigenvalue weighted by Crippen LogP contribution is 2.53. The fourth-order valence-corrected chi connectivity index (χ4v) is 1.28. The number of rotatable bonds is 6. The molecule has 0 aliphatic heterocycles. The first-order valence-corrected chi connectivity index (χ1v) is 5.15. The molecule has 0 amide bonds. The number of halogens is 7. The zero-order valence-electron chi connectivity index (χ0n) is 7.00. The lowest BCUT2D eigenvalue weighted by Gasteiger charge is -2.28. The molecule has 0 saturated heterocycles. The fourth-order valence-electron chi connectivity index (χ4n) is 0.431. The van der Waals surface area contributed by atoms with E-state index in [0.717, 1.165) is 0 Å². The van der Waals surface area contributed by atoms with E-state index >= 15 is 0 Å². The Morgan fingerprint density at radius 3 is 1.76 bits per heavy atom. The molecule has 0 aromatic rings. The Kier molecular flexibility index (Phi) is 4.67. The van der Waals surface area contributed by atoms with Crippen LogP contribution < -0.4 is 5.26 Å². The van der Waals surface area contributed by atoms with E-state index in [2.05, 4.69) is 9.37 Å². The number of hydrogen-bond acceptors (Lipinski definition) is 6. The topological polar surface area (TPSA) is 75.7 Å². The Morgan fingerprint density at radius 1 is 1.06 bits per heavy atom. The van der Waals surface area contributed by atoms with Crippen molar-refractivity contribution in [3.63, 3.8) is 0 Å². The Balaban J connectivity index is 5.39. The SMILES string of the molecule is O=S(=O)(F)C(F)(F)C(F)(F)C(F)(F)SOO[O-]. The first kappa shape index (κ1) is 16.7. The number of hydrogen-bond donors (Lipinski definition) is 0. The summed E-state index contributed by atoms with van der Waals surface area (Å²) in [7, 11) is -7.32. The van der Waals surface area contributed by atoms with Crippen LogP contribution in [0.3, 0.4) is 0 Å². The third-order valence-electron chi connectivity index (χ3n) is 1.20. The van der Waals surface area contributed by atoms with Gasteiger partial charge in [-0.1, -0.05) is 3.89 Å². The third kappa shape index (κ3) is 2.93. The van der Waals surface area contributed by atoms with Crippen molar-refractivity contribution in [2.24, 2.45) is 0 Å². The summed E-state index contributed by atoms with van der Waals surface area (Å²) in [4.78, 5) is 0. The third-order valence-corrected chi connectivity index (χ3v) is 2.66. The van der Waals surface area contributed by atoms with Gasteiger partial charge in [-0.05, 0) is 0 Å². The molecule has 0 N–H and O–H groups in total. The molecular weight excluding hydrogens is 313 g/mol. The molecule has 0 bridgehead atoms. The Morgan fingerprint density at radius 2 is 1.47 bits per heavy atom. The van der Waals surface area contributed by atoms with E-state index in [0.29, 0.717) is 0 Å². The smallest absolute Gasteiger partial charge is 0.443 e. The molecule has 0 radical (unpaired) electrons. The molecule has 0 atom stereocenters. The standard InChI is InChI=1S/C3HF7O5S2/c4-1(5,2(6,7)16-15-14-11)3(8,9)17(10,12)13/h11H/p-1. The summed E-state index contributed by atoms with van der Waals surface area (Å²) in [5, 5.41) is -1.43. The largest absolute Gasteiger partial charge is 0.691 e. The summed E-state index contributed by atoms with van der Waals surface area (Å²) in [5.41, 5.74) is 0. The summed E-state index contributed by atoms with van der Waals surface area (Å²) in [6.07, 6.45) is 0. The fraction of sp³-hybridized carbons (Fsp3) is 1.00. The van der Waals surface area contributed by atoms with Crippen molar-refractivity contribution in [3.05, 3.63) is 0 Å². The van der Waals surface area contributed by atoms with Crippen molar-refractivity contribution in [1.29, 1.82) is 0 Å². The summed E-state index contributed by atoms with van der Waals surface area (Å²) >= 11 is -1.90. The molecule has 0 unspecified atom stereocenters. The van der Waals surface area contributed by atoms with Gasteiger partial charge in [-0.2, -0.15) is 39.1 Å². The van der Waals surface area contributed by atoms with Gasteiger partial charge in [0.1, 0.15) is 12.0 Å². The van der Waals surface area contributed by atoms with Crippen LogP contribution in [0.5, 0.6) is 0 Å². The molecule has 0 aromatic carbocycles. The van der Waals surface area contributed by atoms with E-state index in [1.807, 2.05) is 0 Å². The van der Waals surface area contributed by atoms with Crippen LogP contribution in [0.4, 0.5) is 30.2 Å². The highest BCUT2D eigenvalue weighted by atomic mass is 32.3. The average molecular weight is 313 g/mol. The first-order valence-electron chi connectivity index (χ1n) is 3.03. The molecule has 0 aromatic heterocycles. The quantitative estimate of drug-likeness (QED) is 0.239. The van der Waals surface area contributed by atoms with Crippen molar-refractivity contribution in [1.82, 2.24) is 0 Å². The van der Waals surface area contributed by atoms with E-state index in [4.69, 9.17) is 5.26 Å². The normalized spacial score (nSPS) is 15.1. The lowest BCUT2D eigenvalue weighted by Crippen LogP contribution is -2.55. The van der Waals surface area contributed by atoms with Crippen molar-refractivity contribution >= 4 is 22.3 Å². The van der Waals surface area contributed by atoms with Crippen LogP contribution >= 0.6 is 12.0 Å². The molecule has 104 valence electrons. The van der Waals surface area contributed by atoms with Crippen LogP contribution in [-0.2, 0) is 19.6 Å². The minimum Gasteiger partial charge on any atom is -0.691 e. The predicted octanol–water partition coefficient (Wildman–Crippen LogP) is 0.978. The van der Waals surface area contributed by atoms with Gasteiger partial charge in [0.25, 0.3) is 0 Å². The first-order chi connectivity index (χ1) is 7.31. The second kappa shape index (κ2) is 4.75. The molecule has 0 rings (SSSR count). The van der Waals surface area contributed by atoms with Crippen molar-refractivity contribution < 1.29 is 53.3 Å². The Bertz CT molecular complexity index is 366. The van der Waals surface area contributed by atoms with Gasteiger partial charge in [0.05, 0.1) is 0 Å². The van der Waals surface area contributed by atoms with Crippen LogP contribution in [0.1, 0.15) is 0 Å². The van der Waals surface area contributed by atoms with Gasteiger partial charge in [-0.3, -0.25) is 5.04 Å². The van der Waals surface area contributed by atoms with Crippen LogP contribution in [0.2, 0.25) is 0 Å². The molecule has 0 aliphatic rings. The zero-order valence-corrected chi connectivity index (χ0v) is 8.64. The summed E-state index contributed by atoms with van der Waals surface area (Å²) in [6.45, 7) is 0. The average Bonchev–Trinajstić information content (AvgIpc) is 2.12. The van der Waals surface area contributed by atoms with Gasteiger partial charge in [0.15, 0.2) is 0 Å². The van der Waals surface area contributed by atoms with E-state index in [9.17, 15) is 38.6 Å². The van der Waals surface area contributed by atoms with Crippen molar-refractivity contribution in [2.45, 2.75) is 16.4 Å². The monoisotopic (exact) mass is 313 g/mol. The van der Waals surface area contributed by atoms with E-state index in [1.165, 1.54) is 0 Å². The molecular formula is C3F7O5S2-. The zero-order chi connectivity index (χ0) is 14.1. The Hall–Kier alpha value is -0.310. The Labute approximate surface area is 92.8 Å². The van der Waals surface area contributed by atoms with E-state index in [1.54, 1.807) is 0 Å². The van der Waals surface area contributed by atoms with Crippen LogP contribution in [0.25, 0.3) is 0 Å². The van der Waals surface area contributed by atoms with Crippen LogP contribution in [0.15, 0.2) is 0 Å². The highest BCUT2D eigenvalue weighted by molar-refractivity contribution is 7.95. The highest BCUT2D eigenvalue weighted by Gasteiger charge is 2.79. The lowest BCUT2D eigenvalue weighted by atomic mass is 10.3. The molecule has 5 nitrogen and oxygen atoms in total. The maximum atomic E-state index is 12.4. The van der Waals surface area contributed by atoms with Gasteiger partial charge in [0.2, 0.25) is 0 Å². The van der Waals surface area contributed by atoms with Gasteiger partial charge >= 0.3 is 26.7 Å². The lowest BCUT2D eigenvalue weighted by molar-refractivity contribution is -0.777. The van der Waals surface area contributed by atoms with Gasteiger partial charge < -0.3 is 5.26 Å². The molecule has 0 fully saturated rings. The maximum Gasteiger partial charge on any atom is 0.443 e. The molecule has 0 heterocycles. The maximum absolute atomic E-state index is 12.4. The molecule has 0 aliphatic carbocycles. The van der Waals surface area contributed by atoms with E-state index < -0.39 is 38.7 Å². The van der Waals surface area contributed by atoms with Crippen molar-refractivity contribution in [2.75, 3.05) is 0 Å². The van der Waals surface area contributed by atoms with Gasteiger partial charge in [0, 0.05) is 0 Å². The summed E-state index contributed by atoms with van der Waals surface area (Å²) < 4.78 is 108. The molecule has 0 saturated carbocycles. The second-order valence-electron chi connectivity index (χ2n) is 2.27. The van der Waals surface area contributed by atoms with Crippen molar-refractivity contribution in [3.8, 4) is 0 Å². The minimum absolute atomic E-state index is 1.90. The predicted molar refractivity (Wildman–Crippen MR) is 34.6 cm³/mol. The van der Waals surface area contributed by atoms with Crippen LogP contribution in [0, 0.1) is 0 Å². The summed E-state index contributed by atoms with van der Waals surface area (Å²) in [6, 6.07) is 0. The van der Waals surface area contributed by atoms with Crippen LogP contribution in [-0.4, -0.2) is 24.8 Å². The molecule has 17 heavy (non-hydrogen) atoms. The van der Waals surface area contributed by atoms with Gasteiger partial charge in [-0.15, -0.1) is 0 Å². The molecule has 14 heteroatoms. The van der Waals surface area contributed by atoms with E-state index in [-0.39, 0.29) is 0 Å². The minimum atomic E-state index is -7.32.